The maximum Gasteiger partial charge on any atom is 0.416 e. The minimum Gasteiger partial charge on any atom is -0.456 e. The molecule has 1 aromatic carbocycles. The highest BCUT2D eigenvalue weighted by atomic mass is 19.4. The minimum absolute atomic E-state index is 0.546. The van der Waals surface area contributed by atoms with E-state index in [9.17, 15) is 13.2 Å². The topological polar surface area (TPSA) is 16.1 Å². The molecule has 1 heterocycles. The first-order valence-electron chi connectivity index (χ1n) is 7.48. The smallest absolute Gasteiger partial charge is 0.416 e. The molecule has 0 aromatic heterocycles. The SMILES string of the molecule is Cc1cc(-c2ccc(C(F)(F)F)cc2)oc2cc(=[N+](C)C)ccc1-2. The van der Waals surface area contributed by atoms with Crippen LogP contribution in [0.25, 0.3) is 22.6 Å². The summed E-state index contributed by atoms with van der Waals surface area (Å²) in [6.45, 7) is 1.96. The second kappa shape index (κ2) is 5.82. The number of fused-ring (bicyclic) bond motifs is 1. The Morgan fingerprint density at radius 3 is 2.12 bits per heavy atom. The number of nitrogens with zero attached hydrogens (tertiary/aromatic N) is 1. The number of benzene rings is 2. The third-order valence-electron chi connectivity index (χ3n) is 3.97. The molecule has 1 aliphatic heterocycles. The Bertz CT molecular complexity index is 917. The van der Waals surface area contributed by atoms with E-state index >= 15 is 0 Å². The van der Waals surface area contributed by atoms with Gasteiger partial charge in [-0.2, -0.15) is 13.2 Å². The predicted octanol–water partition coefficient (Wildman–Crippen LogP) is 4.41. The van der Waals surface area contributed by atoms with Crippen molar-refractivity contribution in [3.05, 3.63) is 65.0 Å². The monoisotopic (exact) mass is 332 g/mol. The van der Waals surface area contributed by atoms with Crippen molar-refractivity contribution >= 4 is 0 Å². The maximum atomic E-state index is 12.7. The summed E-state index contributed by atoms with van der Waals surface area (Å²) >= 11 is 0. The number of aryl methyl sites for hydroxylation is 1. The molecule has 5 heteroatoms. The zero-order valence-corrected chi connectivity index (χ0v) is 13.6. The largest absolute Gasteiger partial charge is 0.456 e. The van der Waals surface area contributed by atoms with Crippen LogP contribution in [0.2, 0.25) is 0 Å². The molecule has 0 bridgehead atoms. The summed E-state index contributed by atoms with van der Waals surface area (Å²) in [5.41, 5.74) is 1.94. The van der Waals surface area contributed by atoms with Crippen molar-refractivity contribution in [3.8, 4) is 22.6 Å². The van der Waals surface area contributed by atoms with Crippen molar-refractivity contribution in [1.82, 2.24) is 4.58 Å². The van der Waals surface area contributed by atoms with Crippen LogP contribution in [0.1, 0.15) is 11.1 Å². The summed E-state index contributed by atoms with van der Waals surface area (Å²) in [7, 11) is 3.88. The van der Waals surface area contributed by atoms with E-state index in [2.05, 4.69) is 0 Å². The summed E-state index contributed by atoms with van der Waals surface area (Å²) < 4.78 is 46.0. The normalized spacial score (nSPS) is 11.8. The second-order valence-corrected chi connectivity index (χ2v) is 5.94. The van der Waals surface area contributed by atoms with E-state index in [4.69, 9.17) is 4.42 Å². The lowest BCUT2D eigenvalue weighted by atomic mass is 10.0. The molecule has 0 saturated carbocycles. The van der Waals surface area contributed by atoms with Gasteiger partial charge in [-0.1, -0.05) is 12.1 Å². The van der Waals surface area contributed by atoms with Gasteiger partial charge in [0.05, 0.1) is 11.6 Å². The minimum atomic E-state index is -4.34. The quantitative estimate of drug-likeness (QED) is 0.603. The van der Waals surface area contributed by atoms with Crippen LogP contribution < -0.4 is 9.93 Å². The Balaban J connectivity index is 2.14. The first kappa shape index (κ1) is 16.3. The molecule has 0 unspecified atom stereocenters. The standard InChI is InChI=1S/C19H17F3NO/c1-12-10-17(13-4-6-14(7-5-13)19(20,21)22)24-18-11-15(23(2)3)8-9-16(12)18/h4-11H,1-3H3/q+1. The molecule has 2 nitrogen and oxygen atoms in total. The molecule has 3 rings (SSSR count). The van der Waals surface area contributed by atoms with Crippen LogP contribution in [-0.4, -0.2) is 14.1 Å². The summed E-state index contributed by atoms with van der Waals surface area (Å²) in [6.07, 6.45) is -4.34. The lowest BCUT2D eigenvalue weighted by Crippen LogP contribution is -2.21. The van der Waals surface area contributed by atoms with Crippen molar-refractivity contribution in [3.63, 3.8) is 0 Å². The molecule has 0 saturated heterocycles. The van der Waals surface area contributed by atoms with Gasteiger partial charge >= 0.3 is 6.18 Å². The fraction of sp³-hybridized carbons (Fsp3) is 0.211. The molecule has 0 spiro atoms. The number of alkyl halides is 3. The average Bonchev–Trinajstić information content (AvgIpc) is 2.53. The van der Waals surface area contributed by atoms with E-state index in [-0.39, 0.29) is 0 Å². The lowest BCUT2D eigenvalue weighted by molar-refractivity contribution is -0.137. The van der Waals surface area contributed by atoms with Gasteiger partial charge in [-0.25, -0.2) is 4.58 Å². The molecule has 1 aliphatic carbocycles. The van der Waals surface area contributed by atoms with E-state index in [0.717, 1.165) is 28.6 Å². The second-order valence-electron chi connectivity index (χ2n) is 5.94. The van der Waals surface area contributed by atoms with Gasteiger partial charge in [0.25, 0.3) is 0 Å². The van der Waals surface area contributed by atoms with Gasteiger partial charge < -0.3 is 4.42 Å². The van der Waals surface area contributed by atoms with Crippen molar-refractivity contribution in [2.75, 3.05) is 14.1 Å². The Morgan fingerprint density at radius 1 is 0.875 bits per heavy atom. The zero-order valence-electron chi connectivity index (χ0n) is 13.6. The van der Waals surface area contributed by atoms with Gasteiger partial charge in [-0.15, -0.1) is 0 Å². The van der Waals surface area contributed by atoms with E-state index in [1.165, 1.54) is 12.1 Å². The lowest BCUT2D eigenvalue weighted by Gasteiger charge is -2.12. The number of rotatable bonds is 1. The molecule has 1 aromatic rings. The molecule has 0 amide bonds. The Hall–Kier alpha value is -2.56. The summed E-state index contributed by atoms with van der Waals surface area (Å²) in [5, 5.41) is 0.996. The molecule has 2 aliphatic rings. The van der Waals surface area contributed by atoms with E-state index in [1.807, 2.05) is 49.9 Å². The number of halogens is 3. The highest BCUT2D eigenvalue weighted by Crippen LogP contribution is 2.33. The van der Waals surface area contributed by atoms with Gasteiger partial charge in [-0.3, -0.25) is 0 Å². The van der Waals surface area contributed by atoms with Crippen molar-refractivity contribution in [1.29, 1.82) is 0 Å². The van der Waals surface area contributed by atoms with Crippen LogP contribution in [-0.2, 0) is 6.18 Å². The first-order valence-corrected chi connectivity index (χ1v) is 7.48. The molecule has 0 N–H and O–H groups in total. The van der Waals surface area contributed by atoms with Crippen LogP contribution in [0.5, 0.6) is 0 Å². The molecule has 24 heavy (non-hydrogen) atoms. The van der Waals surface area contributed by atoms with E-state index in [1.54, 1.807) is 0 Å². The van der Waals surface area contributed by atoms with E-state index < -0.39 is 11.7 Å². The van der Waals surface area contributed by atoms with Crippen LogP contribution >= 0.6 is 0 Å². The molecule has 0 atom stereocenters. The van der Waals surface area contributed by atoms with Gasteiger partial charge in [-0.05, 0) is 36.8 Å². The Labute approximate surface area is 137 Å². The average molecular weight is 332 g/mol. The van der Waals surface area contributed by atoms with Crippen LogP contribution in [0.15, 0.2) is 52.9 Å². The van der Waals surface area contributed by atoms with Crippen molar-refractivity contribution in [2.24, 2.45) is 0 Å². The molecule has 0 fully saturated rings. The van der Waals surface area contributed by atoms with Crippen LogP contribution in [0, 0.1) is 6.92 Å². The third-order valence-corrected chi connectivity index (χ3v) is 3.97. The highest BCUT2D eigenvalue weighted by Gasteiger charge is 2.30. The van der Waals surface area contributed by atoms with Crippen molar-refractivity contribution < 1.29 is 17.6 Å². The highest BCUT2D eigenvalue weighted by molar-refractivity contribution is 5.68. The Morgan fingerprint density at radius 2 is 1.54 bits per heavy atom. The van der Waals surface area contributed by atoms with Crippen LogP contribution in [0.3, 0.4) is 0 Å². The molecular weight excluding hydrogens is 315 g/mol. The van der Waals surface area contributed by atoms with Crippen molar-refractivity contribution in [2.45, 2.75) is 13.1 Å². The van der Waals surface area contributed by atoms with Gasteiger partial charge in [0.1, 0.15) is 25.6 Å². The van der Waals surface area contributed by atoms with Crippen LogP contribution in [0.4, 0.5) is 13.2 Å². The van der Waals surface area contributed by atoms with Gasteiger partial charge in [0, 0.05) is 17.2 Å². The van der Waals surface area contributed by atoms with Gasteiger partial charge in [0.15, 0.2) is 0 Å². The Kier molecular flexibility index (Phi) is 3.95. The molecular formula is C19H17F3NO+. The fourth-order valence-electron chi connectivity index (χ4n) is 2.59. The third kappa shape index (κ3) is 3.07. The zero-order chi connectivity index (χ0) is 17.5. The number of hydrogen-bond acceptors (Lipinski definition) is 1. The first-order chi connectivity index (χ1) is 11.3. The number of hydrogen-bond donors (Lipinski definition) is 0. The maximum absolute atomic E-state index is 12.7. The summed E-state index contributed by atoms with van der Waals surface area (Å²) in [6, 6.07) is 12.8. The molecule has 0 radical (unpaired) electrons. The van der Waals surface area contributed by atoms with Gasteiger partial charge in [0.2, 0.25) is 5.36 Å². The fourth-order valence-corrected chi connectivity index (χ4v) is 2.59. The van der Waals surface area contributed by atoms with E-state index in [0.29, 0.717) is 17.1 Å². The molecule has 124 valence electrons. The summed E-state index contributed by atoms with van der Waals surface area (Å²) in [4.78, 5) is 0. The summed E-state index contributed by atoms with van der Waals surface area (Å²) in [5.74, 6) is 1.25. The predicted molar refractivity (Wildman–Crippen MR) is 87.6 cm³/mol.